The number of nitrogens with two attached hydrogens (primary N) is 1. The van der Waals surface area contributed by atoms with Gasteiger partial charge in [0, 0.05) is 11.8 Å². The lowest BCUT2D eigenvalue weighted by Gasteiger charge is -2.21. The molecular formula is C17H23N3. The first-order valence-electron chi connectivity index (χ1n) is 6.99. The molecule has 0 radical (unpaired) electrons. The number of hydrogen-bond donors (Lipinski definition) is 1. The lowest BCUT2D eigenvalue weighted by atomic mass is 9.85. The van der Waals surface area contributed by atoms with E-state index in [1.807, 2.05) is 13.0 Å². The molecule has 1 aromatic heterocycles. The molecule has 0 saturated heterocycles. The van der Waals surface area contributed by atoms with Crippen LogP contribution in [0.3, 0.4) is 0 Å². The summed E-state index contributed by atoms with van der Waals surface area (Å²) in [5.74, 6) is 0.683. The number of hydrogen-bond acceptors (Lipinski definition) is 3. The zero-order chi connectivity index (χ0) is 14.9. The molecule has 2 rings (SSSR count). The average Bonchev–Trinajstić information content (AvgIpc) is 2.38. The van der Waals surface area contributed by atoms with Gasteiger partial charge in [-0.2, -0.15) is 0 Å². The van der Waals surface area contributed by atoms with E-state index in [0.717, 1.165) is 11.3 Å². The number of benzene rings is 1. The van der Waals surface area contributed by atoms with Crippen LogP contribution in [-0.4, -0.2) is 9.97 Å². The summed E-state index contributed by atoms with van der Waals surface area (Å²) >= 11 is 0. The van der Waals surface area contributed by atoms with Crippen LogP contribution in [0.15, 0.2) is 30.5 Å². The largest absolute Gasteiger partial charge is 0.322 e. The van der Waals surface area contributed by atoms with Gasteiger partial charge in [-0.3, -0.25) is 0 Å². The fourth-order valence-electron chi connectivity index (χ4n) is 2.11. The monoisotopic (exact) mass is 269 g/mol. The van der Waals surface area contributed by atoms with Crippen LogP contribution in [0.4, 0.5) is 0 Å². The molecule has 3 heteroatoms. The summed E-state index contributed by atoms with van der Waals surface area (Å²) in [7, 11) is 0. The van der Waals surface area contributed by atoms with Gasteiger partial charge < -0.3 is 5.73 Å². The van der Waals surface area contributed by atoms with E-state index >= 15 is 0 Å². The van der Waals surface area contributed by atoms with E-state index in [4.69, 9.17) is 5.73 Å². The summed E-state index contributed by atoms with van der Waals surface area (Å²) in [4.78, 5) is 8.82. The van der Waals surface area contributed by atoms with Crippen LogP contribution in [0.5, 0.6) is 0 Å². The summed E-state index contributed by atoms with van der Waals surface area (Å²) in [5, 5.41) is 0. The highest BCUT2D eigenvalue weighted by Gasteiger charge is 2.16. The van der Waals surface area contributed by atoms with Gasteiger partial charge >= 0.3 is 0 Å². The Morgan fingerprint density at radius 3 is 2.45 bits per heavy atom. The molecule has 1 atom stereocenters. The molecule has 2 N–H and O–H groups in total. The highest BCUT2D eigenvalue weighted by molar-refractivity contribution is 5.64. The Hall–Kier alpha value is -1.74. The van der Waals surface area contributed by atoms with Gasteiger partial charge in [-0.15, -0.1) is 0 Å². The van der Waals surface area contributed by atoms with Crippen LogP contribution in [0.2, 0.25) is 0 Å². The van der Waals surface area contributed by atoms with E-state index < -0.39 is 0 Å². The number of rotatable bonds is 2. The van der Waals surface area contributed by atoms with Gasteiger partial charge in [0.05, 0.1) is 11.7 Å². The van der Waals surface area contributed by atoms with Crippen molar-refractivity contribution in [1.29, 1.82) is 0 Å². The maximum absolute atomic E-state index is 5.87. The normalized spacial score (nSPS) is 13.3. The maximum atomic E-state index is 5.87. The molecule has 0 aliphatic rings. The lowest BCUT2D eigenvalue weighted by molar-refractivity contribution is 0.590. The second-order valence-corrected chi connectivity index (χ2v) is 6.37. The zero-order valence-electron chi connectivity index (χ0n) is 12.9. The molecule has 1 aromatic carbocycles. The quantitative estimate of drug-likeness (QED) is 0.903. The van der Waals surface area contributed by atoms with Crippen molar-refractivity contribution in [2.45, 2.75) is 46.1 Å². The molecule has 1 heterocycles. The van der Waals surface area contributed by atoms with Gasteiger partial charge in [-0.05, 0) is 42.5 Å². The minimum absolute atomic E-state index is 0.124. The molecule has 0 fully saturated rings. The fraction of sp³-hybridized carbons (Fsp3) is 0.412. The summed E-state index contributed by atoms with van der Waals surface area (Å²) in [6.45, 7) is 10.7. The topological polar surface area (TPSA) is 51.8 Å². The Labute approximate surface area is 121 Å². The summed E-state index contributed by atoms with van der Waals surface area (Å²) in [6.07, 6.45) is 1.78. The molecular weight excluding hydrogens is 246 g/mol. The van der Waals surface area contributed by atoms with Gasteiger partial charge in [-0.1, -0.05) is 32.9 Å². The predicted octanol–water partition coefficient (Wildman–Crippen LogP) is 3.77. The fourth-order valence-corrected chi connectivity index (χ4v) is 2.11. The van der Waals surface area contributed by atoms with Crippen LogP contribution < -0.4 is 5.73 Å². The summed E-state index contributed by atoms with van der Waals surface area (Å²) in [6, 6.07) is 8.36. The van der Waals surface area contributed by atoms with Crippen molar-refractivity contribution in [2.24, 2.45) is 5.73 Å². The van der Waals surface area contributed by atoms with Gasteiger partial charge in [0.15, 0.2) is 0 Å². The van der Waals surface area contributed by atoms with Gasteiger partial charge in [-0.25, -0.2) is 9.97 Å². The molecule has 0 aliphatic carbocycles. The Balaban J connectivity index is 2.54. The first-order chi connectivity index (χ1) is 9.29. The Morgan fingerprint density at radius 1 is 1.15 bits per heavy atom. The smallest absolute Gasteiger partial charge is 0.145 e. The van der Waals surface area contributed by atoms with Crippen LogP contribution in [0.25, 0.3) is 11.3 Å². The lowest BCUT2D eigenvalue weighted by Crippen LogP contribution is -2.12. The first kappa shape index (κ1) is 14.7. The molecule has 0 amide bonds. The molecule has 0 aliphatic heterocycles. The minimum Gasteiger partial charge on any atom is -0.322 e. The molecule has 0 saturated carbocycles. The van der Waals surface area contributed by atoms with E-state index in [-0.39, 0.29) is 11.5 Å². The molecule has 0 spiro atoms. The van der Waals surface area contributed by atoms with E-state index in [1.54, 1.807) is 6.20 Å². The number of aromatic nitrogens is 2. The third-order valence-electron chi connectivity index (χ3n) is 3.46. The zero-order valence-corrected chi connectivity index (χ0v) is 12.9. The maximum Gasteiger partial charge on any atom is 0.145 e. The minimum atomic E-state index is -0.152. The molecule has 106 valence electrons. The Morgan fingerprint density at radius 2 is 1.85 bits per heavy atom. The first-order valence-corrected chi connectivity index (χ1v) is 6.99. The molecule has 0 bridgehead atoms. The van der Waals surface area contributed by atoms with E-state index in [1.165, 1.54) is 11.1 Å². The standard InChI is InChI=1S/C17H23N3/c1-11-6-7-13(17(3,4)5)10-14(11)15-8-9-19-16(20-15)12(2)18/h6-10,12H,18H2,1-5H3. The van der Waals surface area contributed by atoms with E-state index in [2.05, 4.69) is 55.9 Å². The van der Waals surface area contributed by atoms with Crippen molar-refractivity contribution in [2.75, 3.05) is 0 Å². The highest BCUT2D eigenvalue weighted by Crippen LogP contribution is 2.29. The molecule has 2 aromatic rings. The van der Waals surface area contributed by atoms with Gasteiger partial charge in [0.1, 0.15) is 5.82 Å². The number of nitrogens with zero attached hydrogens (tertiary/aromatic N) is 2. The van der Waals surface area contributed by atoms with Gasteiger partial charge in [0.2, 0.25) is 0 Å². The van der Waals surface area contributed by atoms with Crippen molar-refractivity contribution < 1.29 is 0 Å². The Kier molecular flexibility index (Phi) is 3.91. The van der Waals surface area contributed by atoms with Crippen molar-refractivity contribution in [3.63, 3.8) is 0 Å². The number of aryl methyl sites for hydroxylation is 1. The second kappa shape index (κ2) is 5.33. The third kappa shape index (κ3) is 3.05. The second-order valence-electron chi connectivity index (χ2n) is 6.37. The van der Waals surface area contributed by atoms with Crippen LogP contribution in [0, 0.1) is 6.92 Å². The predicted molar refractivity (Wildman–Crippen MR) is 83.5 cm³/mol. The molecule has 20 heavy (non-hydrogen) atoms. The van der Waals surface area contributed by atoms with Crippen molar-refractivity contribution in [3.05, 3.63) is 47.4 Å². The molecule has 3 nitrogen and oxygen atoms in total. The van der Waals surface area contributed by atoms with Crippen molar-refractivity contribution in [1.82, 2.24) is 9.97 Å². The van der Waals surface area contributed by atoms with Crippen LogP contribution >= 0.6 is 0 Å². The van der Waals surface area contributed by atoms with Crippen molar-refractivity contribution in [3.8, 4) is 11.3 Å². The SMILES string of the molecule is Cc1ccc(C(C)(C)C)cc1-c1ccnc(C(C)N)n1. The highest BCUT2D eigenvalue weighted by atomic mass is 14.9. The van der Waals surface area contributed by atoms with Crippen LogP contribution in [-0.2, 0) is 5.41 Å². The third-order valence-corrected chi connectivity index (χ3v) is 3.46. The van der Waals surface area contributed by atoms with Gasteiger partial charge in [0.25, 0.3) is 0 Å². The molecule has 1 unspecified atom stereocenters. The van der Waals surface area contributed by atoms with Crippen molar-refractivity contribution >= 4 is 0 Å². The summed E-state index contributed by atoms with van der Waals surface area (Å²) in [5.41, 5.74) is 10.6. The average molecular weight is 269 g/mol. The summed E-state index contributed by atoms with van der Waals surface area (Å²) < 4.78 is 0. The van der Waals surface area contributed by atoms with Crippen LogP contribution in [0.1, 0.15) is 50.7 Å². The Bertz CT molecular complexity index is 610. The van der Waals surface area contributed by atoms with E-state index in [0.29, 0.717) is 5.82 Å². The van der Waals surface area contributed by atoms with E-state index in [9.17, 15) is 0 Å².